The Kier molecular flexibility index (Phi) is 4.53. The minimum absolute atomic E-state index is 0.363. The molecule has 0 bridgehead atoms. The van der Waals surface area contributed by atoms with Crippen molar-refractivity contribution in [3.63, 3.8) is 0 Å². The molecule has 0 aliphatic heterocycles. The maximum atomic E-state index is 11.5. The number of ether oxygens (including phenoxy) is 1. The molecule has 25 heavy (non-hydrogen) atoms. The zero-order chi connectivity index (χ0) is 18.0. The number of aliphatic carboxylic acids is 1. The number of carboxylic acid groups (broad SMARTS) is 1. The summed E-state index contributed by atoms with van der Waals surface area (Å²) >= 11 is 0. The summed E-state index contributed by atoms with van der Waals surface area (Å²) < 4.78 is 5.13. The van der Waals surface area contributed by atoms with Crippen LogP contribution in [-0.4, -0.2) is 33.6 Å². The molecule has 0 amide bonds. The summed E-state index contributed by atoms with van der Waals surface area (Å²) in [5.74, 6) is -1.42. The highest BCUT2D eigenvalue weighted by molar-refractivity contribution is 5.76. The van der Waals surface area contributed by atoms with Gasteiger partial charge in [-0.2, -0.15) is 0 Å². The molecule has 2 heterocycles. The van der Waals surface area contributed by atoms with E-state index in [0.29, 0.717) is 19.3 Å². The number of carboxylic acids is 1. The number of carbonyl (C=O) groups is 2. The van der Waals surface area contributed by atoms with E-state index in [1.165, 1.54) is 0 Å². The first-order valence-corrected chi connectivity index (χ1v) is 8.23. The van der Waals surface area contributed by atoms with Crippen LogP contribution >= 0.6 is 0 Å². The van der Waals surface area contributed by atoms with Gasteiger partial charge in [-0.1, -0.05) is 19.1 Å². The summed E-state index contributed by atoms with van der Waals surface area (Å²) in [5, 5.41) is 9.47. The van der Waals surface area contributed by atoms with E-state index in [9.17, 15) is 14.7 Å². The number of hydrogen-bond acceptors (Lipinski definition) is 5. The lowest BCUT2D eigenvalue weighted by Gasteiger charge is -2.34. The topological polar surface area (TPSA) is 89.4 Å². The van der Waals surface area contributed by atoms with Crippen LogP contribution in [0.2, 0.25) is 0 Å². The van der Waals surface area contributed by atoms with E-state index < -0.39 is 17.3 Å². The van der Waals surface area contributed by atoms with Crippen molar-refractivity contribution in [3.05, 3.63) is 47.8 Å². The fourth-order valence-corrected chi connectivity index (χ4v) is 3.87. The highest BCUT2D eigenvalue weighted by Gasteiger charge is 2.47. The lowest BCUT2D eigenvalue weighted by molar-refractivity contribution is -0.142. The van der Waals surface area contributed by atoms with Gasteiger partial charge < -0.3 is 9.84 Å². The van der Waals surface area contributed by atoms with Crippen LogP contribution in [0.1, 0.15) is 37.8 Å². The molecule has 6 heteroatoms. The van der Waals surface area contributed by atoms with Crippen LogP contribution in [0.3, 0.4) is 0 Å². The first-order chi connectivity index (χ1) is 12.0. The summed E-state index contributed by atoms with van der Waals surface area (Å²) in [7, 11) is 0. The van der Waals surface area contributed by atoms with E-state index in [-0.39, 0.29) is 6.10 Å². The molecule has 1 aliphatic carbocycles. The third kappa shape index (κ3) is 2.88. The first kappa shape index (κ1) is 17.1. The Morgan fingerprint density at radius 2 is 1.72 bits per heavy atom. The molecule has 0 aromatic carbocycles. The Morgan fingerprint density at radius 3 is 2.20 bits per heavy atom. The maximum Gasteiger partial charge on any atom is 0.306 e. The predicted molar refractivity (Wildman–Crippen MR) is 90.9 cm³/mol. The van der Waals surface area contributed by atoms with Crippen molar-refractivity contribution in [2.24, 2.45) is 5.92 Å². The van der Waals surface area contributed by atoms with Gasteiger partial charge >= 0.3 is 5.97 Å². The molecule has 6 nitrogen and oxygen atoms in total. The van der Waals surface area contributed by atoms with Gasteiger partial charge in [-0.05, 0) is 43.0 Å². The summed E-state index contributed by atoms with van der Waals surface area (Å²) in [5.41, 5.74) is 2.83. The molecule has 0 fully saturated rings. The van der Waals surface area contributed by atoms with Gasteiger partial charge in [-0.25, -0.2) is 0 Å². The second-order valence-corrected chi connectivity index (χ2v) is 6.57. The van der Waals surface area contributed by atoms with E-state index >= 15 is 0 Å². The smallest absolute Gasteiger partial charge is 0.306 e. The molecule has 2 aromatic heterocycles. The highest BCUT2D eigenvalue weighted by atomic mass is 16.5. The van der Waals surface area contributed by atoms with Crippen molar-refractivity contribution in [1.82, 2.24) is 9.97 Å². The van der Waals surface area contributed by atoms with Crippen LogP contribution in [0.5, 0.6) is 0 Å². The monoisotopic (exact) mass is 340 g/mol. The Balaban J connectivity index is 2.18. The Labute approximate surface area is 145 Å². The first-order valence-electron chi connectivity index (χ1n) is 8.23. The molecule has 0 radical (unpaired) electrons. The molecular weight excluding hydrogens is 320 g/mol. The average molecular weight is 340 g/mol. The SMILES string of the molecule is C[C@@H](CC1(C[C@H](C)C(=O)O)c2cccnc2-c2ncccc21)OC=O. The highest BCUT2D eigenvalue weighted by Crippen LogP contribution is 2.52. The number of nitrogens with zero attached hydrogens (tertiary/aromatic N) is 2. The summed E-state index contributed by atoms with van der Waals surface area (Å²) in [6.45, 7) is 3.94. The van der Waals surface area contributed by atoms with Gasteiger partial charge in [-0.15, -0.1) is 0 Å². The zero-order valence-electron chi connectivity index (χ0n) is 14.2. The standard InChI is InChI=1S/C19H20N2O4/c1-12(18(23)24)9-19(10-13(2)25-11-22)14-5-3-7-20-16(14)17-15(19)6-4-8-21-17/h3-8,11-13H,9-10H2,1-2H3,(H,23,24)/t12-,13-/m0/s1. The minimum atomic E-state index is -0.855. The van der Waals surface area contributed by atoms with E-state index in [1.54, 1.807) is 19.3 Å². The molecule has 3 rings (SSSR count). The van der Waals surface area contributed by atoms with Crippen molar-refractivity contribution >= 4 is 12.4 Å². The van der Waals surface area contributed by atoms with Gasteiger partial charge in [0.1, 0.15) is 0 Å². The van der Waals surface area contributed by atoms with Gasteiger partial charge in [-0.3, -0.25) is 19.6 Å². The molecule has 2 aromatic rings. The Morgan fingerprint density at radius 1 is 1.16 bits per heavy atom. The van der Waals surface area contributed by atoms with E-state index in [4.69, 9.17) is 4.74 Å². The number of aromatic nitrogens is 2. The number of hydrogen-bond donors (Lipinski definition) is 1. The predicted octanol–water partition coefficient (Wildman–Crippen LogP) is 2.81. The minimum Gasteiger partial charge on any atom is -0.481 e. The third-order valence-corrected chi connectivity index (χ3v) is 4.87. The van der Waals surface area contributed by atoms with Gasteiger partial charge in [0.2, 0.25) is 0 Å². The van der Waals surface area contributed by atoms with Gasteiger partial charge in [0, 0.05) is 17.8 Å². The molecule has 0 saturated heterocycles. The van der Waals surface area contributed by atoms with E-state index in [2.05, 4.69) is 9.97 Å². The number of pyridine rings is 2. The van der Waals surface area contributed by atoms with Crippen LogP contribution in [0, 0.1) is 5.92 Å². The van der Waals surface area contributed by atoms with Crippen LogP contribution in [0.25, 0.3) is 11.4 Å². The van der Waals surface area contributed by atoms with Gasteiger partial charge in [0.25, 0.3) is 6.47 Å². The van der Waals surface area contributed by atoms with E-state index in [0.717, 1.165) is 22.5 Å². The molecule has 130 valence electrons. The molecule has 0 spiro atoms. The van der Waals surface area contributed by atoms with Crippen LogP contribution < -0.4 is 0 Å². The normalized spacial score (nSPS) is 16.4. The van der Waals surface area contributed by atoms with Crippen LogP contribution in [-0.2, 0) is 19.7 Å². The lowest BCUT2D eigenvalue weighted by atomic mass is 9.69. The molecule has 0 saturated carbocycles. The van der Waals surface area contributed by atoms with Gasteiger partial charge in [0.05, 0.1) is 23.4 Å². The Hall–Kier alpha value is -2.76. The molecule has 1 N–H and O–H groups in total. The molecular formula is C19H20N2O4. The van der Waals surface area contributed by atoms with Crippen molar-refractivity contribution < 1.29 is 19.4 Å². The summed E-state index contributed by atoms with van der Waals surface area (Å²) in [6.07, 6.45) is 3.91. The van der Waals surface area contributed by atoms with Crippen LogP contribution in [0.4, 0.5) is 0 Å². The van der Waals surface area contributed by atoms with Crippen molar-refractivity contribution in [2.75, 3.05) is 0 Å². The van der Waals surface area contributed by atoms with Crippen LogP contribution in [0.15, 0.2) is 36.7 Å². The largest absolute Gasteiger partial charge is 0.481 e. The Bertz CT molecular complexity index is 760. The third-order valence-electron chi connectivity index (χ3n) is 4.87. The number of rotatable bonds is 7. The average Bonchev–Trinajstić information content (AvgIpc) is 2.86. The van der Waals surface area contributed by atoms with Gasteiger partial charge in [0.15, 0.2) is 0 Å². The van der Waals surface area contributed by atoms with Crippen molar-refractivity contribution in [2.45, 2.75) is 38.2 Å². The second kappa shape index (κ2) is 6.63. The van der Waals surface area contributed by atoms with Crippen molar-refractivity contribution in [1.29, 1.82) is 0 Å². The molecule has 2 atom stereocenters. The lowest BCUT2D eigenvalue weighted by Crippen LogP contribution is -2.34. The summed E-state index contributed by atoms with van der Waals surface area (Å²) in [4.78, 5) is 31.3. The second-order valence-electron chi connectivity index (χ2n) is 6.57. The number of fused-ring (bicyclic) bond motifs is 3. The maximum absolute atomic E-state index is 11.5. The fraction of sp³-hybridized carbons (Fsp3) is 0.368. The summed E-state index contributed by atoms with van der Waals surface area (Å²) in [6, 6.07) is 7.62. The van der Waals surface area contributed by atoms with Crippen molar-refractivity contribution in [3.8, 4) is 11.4 Å². The number of carbonyl (C=O) groups excluding carboxylic acids is 1. The zero-order valence-corrected chi connectivity index (χ0v) is 14.2. The fourth-order valence-electron chi connectivity index (χ4n) is 3.87. The molecule has 0 unspecified atom stereocenters. The molecule has 1 aliphatic rings. The quantitative estimate of drug-likeness (QED) is 0.780. The van der Waals surface area contributed by atoms with E-state index in [1.807, 2.05) is 31.2 Å².